The van der Waals surface area contributed by atoms with Crippen LogP contribution in [0.5, 0.6) is 0 Å². The molecule has 0 N–H and O–H groups in total. The summed E-state index contributed by atoms with van der Waals surface area (Å²) in [4.78, 5) is 14.0. The maximum absolute atomic E-state index is 13.2. The number of nitrogens with zero attached hydrogens (tertiary/aromatic N) is 2. The van der Waals surface area contributed by atoms with Gasteiger partial charge in [-0.2, -0.15) is 4.31 Å². The monoisotopic (exact) mass is 412 g/mol. The molecular formula is C21H20N2O3S2. The highest BCUT2D eigenvalue weighted by atomic mass is 32.2. The molecule has 5 rings (SSSR count). The fourth-order valence-corrected chi connectivity index (χ4v) is 6.89. The molecular weight excluding hydrogens is 392 g/mol. The van der Waals surface area contributed by atoms with Crippen LogP contribution in [0.2, 0.25) is 0 Å². The Morgan fingerprint density at radius 2 is 1.75 bits per heavy atom. The van der Waals surface area contributed by atoms with Crippen LogP contribution >= 0.6 is 11.3 Å². The number of rotatable bonds is 3. The third-order valence-corrected chi connectivity index (χ3v) is 8.47. The molecule has 0 radical (unpaired) electrons. The summed E-state index contributed by atoms with van der Waals surface area (Å²) in [6, 6.07) is 16.2. The second kappa shape index (κ2) is 6.69. The maximum Gasteiger partial charge on any atom is 0.250 e. The third kappa shape index (κ3) is 2.85. The molecule has 2 aromatic heterocycles. The largest absolute Gasteiger partial charge is 0.311 e. The zero-order chi connectivity index (χ0) is 19.3. The molecule has 0 spiro atoms. The molecule has 2 atom stereocenters. The lowest BCUT2D eigenvalue weighted by Crippen LogP contribution is -2.49. The number of thiophene rings is 1. The van der Waals surface area contributed by atoms with Gasteiger partial charge in [-0.05, 0) is 42.0 Å². The number of hydrogen-bond donors (Lipinski definition) is 0. The van der Waals surface area contributed by atoms with E-state index in [1.807, 2.05) is 28.1 Å². The Kier molecular flexibility index (Phi) is 4.26. The molecule has 4 heterocycles. The smallest absolute Gasteiger partial charge is 0.250 e. The summed E-state index contributed by atoms with van der Waals surface area (Å²) in [6.07, 6.45) is 0.919. The minimum Gasteiger partial charge on any atom is -0.311 e. The van der Waals surface area contributed by atoms with Gasteiger partial charge in [0.1, 0.15) is 0 Å². The summed E-state index contributed by atoms with van der Waals surface area (Å²) in [7, 11) is -3.53. The first-order valence-corrected chi connectivity index (χ1v) is 11.7. The normalized spacial score (nSPS) is 22.0. The first-order valence-electron chi connectivity index (χ1n) is 9.37. The summed E-state index contributed by atoms with van der Waals surface area (Å²) in [6.45, 7) is 1.45. The summed E-state index contributed by atoms with van der Waals surface area (Å²) < 4.78 is 29.8. The molecule has 7 heteroatoms. The predicted molar refractivity (Wildman–Crippen MR) is 110 cm³/mol. The third-order valence-electron chi connectivity index (χ3n) is 5.72. The van der Waals surface area contributed by atoms with E-state index >= 15 is 0 Å². The number of hydrogen-bond acceptors (Lipinski definition) is 4. The highest BCUT2D eigenvalue weighted by Gasteiger charge is 2.40. The number of sulfonamides is 1. The van der Waals surface area contributed by atoms with Crippen LogP contribution in [0.3, 0.4) is 0 Å². The maximum atomic E-state index is 13.2. The fourth-order valence-electron chi connectivity index (χ4n) is 4.55. The molecule has 1 fully saturated rings. The van der Waals surface area contributed by atoms with E-state index < -0.39 is 10.0 Å². The average molecular weight is 413 g/mol. The summed E-state index contributed by atoms with van der Waals surface area (Å²) >= 11 is 1.64. The van der Waals surface area contributed by atoms with Crippen molar-refractivity contribution in [2.75, 3.05) is 13.1 Å². The van der Waals surface area contributed by atoms with Crippen LogP contribution < -0.4 is 5.56 Å². The minimum atomic E-state index is -3.53. The minimum absolute atomic E-state index is 0.00405. The van der Waals surface area contributed by atoms with Crippen molar-refractivity contribution < 1.29 is 8.42 Å². The zero-order valence-corrected chi connectivity index (χ0v) is 16.8. The van der Waals surface area contributed by atoms with Gasteiger partial charge in [-0.25, -0.2) is 8.42 Å². The van der Waals surface area contributed by atoms with Gasteiger partial charge in [0.15, 0.2) is 0 Å². The van der Waals surface area contributed by atoms with Crippen molar-refractivity contribution in [3.8, 4) is 10.4 Å². The van der Waals surface area contributed by atoms with Crippen molar-refractivity contribution in [2.45, 2.75) is 23.8 Å². The van der Waals surface area contributed by atoms with Gasteiger partial charge in [0.2, 0.25) is 10.0 Å². The number of fused-ring (bicyclic) bond motifs is 4. The highest BCUT2D eigenvalue weighted by molar-refractivity contribution is 7.89. The van der Waals surface area contributed by atoms with Crippen molar-refractivity contribution in [1.82, 2.24) is 8.87 Å². The van der Waals surface area contributed by atoms with Crippen LogP contribution in [-0.4, -0.2) is 30.4 Å². The van der Waals surface area contributed by atoms with Crippen LogP contribution in [0.25, 0.3) is 10.4 Å². The Bertz CT molecular complexity index is 1170. The number of pyridine rings is 1. The van der Waals surface area contributed by atoms with E-state index in [-0.39, 0.29) is 17.4 Å². The van der Waals surface area contributed by atoms with Crippen molar-refractivity contribution in [2.24, 2.45) is 5.92 Å². The van der Waals surface area contributed by atoms with Gasteiger partial charge in [0, 0.05) is 47.8 Å². The second-order valence-corrected chi connectivity index (χ2v) is 10.4. The topological polar surface area (TPSA) is 59.4 Å². The molecule has 1 aromatic carbocycles. The van der Waals surface area contributed by atoms with E-state index in [1.54, 1.807) is 46.0 Å². The summed E-state index contributed by atoms with van der Waals surface area (Å²) in [5.74, 6) is 0.179. The SMILES string of the molecule is O=c1ccc(-c2cccs2)c2n1C[C@H]1C[C@@H]2CN(S(=O)(=O)c2ccccc2)C1. The van der Waals surface area contributed by atoms with E-state index in [2.05, 4.69) is 6.07 Å². The van der Waals surface area contributed by atoms with E-state index in [9.17, 15) is 13.2 Å². The second-order valence-electron chi connectivity index (χ2n) is 7.49. The Hall–Kier alpha value is -2.22. The van der Waals surface area contributed by atoms with Gasteiger partial charge >= 0.3 is 0 Å². The molecule has 0 amide bonds. The van der Waals surface area contributed by atoms with Gasteiger partial charge in [0.25, 0.3) is 5.56 Å². The molecule has 28 heavy (non-hydrogen) atoms. The zero-order valence-electron chi connectivity index (χ0n) is 15.2. The standard InChI is InChI=1S/C21H20N2O3S2/c24-20-9-8-18(19-7-4-10-27-19)21-16-11-15(13-23(20)21)12-22(14-16)28(25,26)17-5-2-1-3-6-17/h1-10,15-16H,11-14H2/t15-,16+/m0/s1. The average Bonchev–Trinajstić information content (AvgIpc) is 3.24. The molecule has 2 aliphatic rings. The van der Waals surface area contributed by atoms with Crippen molar-refractivity contribution in [3.05, 3.63) is 76.0 Å². The van der Waals surface area contributed by atoms with Crippen molar-refractivity contribution in [3.63, 3.8) is 0 Å². The van der Waals surface area contributed by atoms with Crippen LogP contribution in [-0.2, 0) is 16.6 Å². The molecule has 2 aliphatic heterocycles. The molecule has 3 aromatic rings. The molecule has 2 bridgehead atoms. The Labute approximate surface area is 167 Å². The molecule has 0 aliphatic carbocycles. The van der Waals surface area contributed by atoms with E-state index in [0.29, 0.717) is 24.5 Å². The van der Waals surface area contributed by atoms with Crippen LogP contribution in [0.15, 0.2) is 69.7 Å². The molecule has 5 nitrogen and oxygen atoms in total. The number of aromatic nitrogens is 1. The van der Waals surface area contributed by atoms with Gasteiger partial charge in [0.05, 0.1) is 4.90 Å². The highest BCUT2D eigenvalue weighted by Crippen LogP contribution is 2.42. The quantitative estimate of drug-likeness (QED) is 0.663. The lowest BCUT2D eigenvalue weighted by molar-refractivity contribution is 0.187. The van der Waals surface area contributed by atoms with Crippen LogP contribution in [0, 0.1) is 5.92 Å². The first kappa shape index (κ1) is 17.8. The van der Waals surface area contributed by atoms with Crippen molar-refractivity contribution in [1.29, 1.82) is 0 Å². The fraction of sp³-hybridized carbons (Fsp3) is 0.286. The predicted octanol–water partition coefficient (Wildman–Crippen LogP) is 3.38. The molecule has 0 saturated carbocycles. The van der Waals surface area contributed by atoms with Crippen LogP contribution in [0.1, 0.15) is 18.0 Å². The molecule has 144 valence electrons. The van der Waals surface area contributed by atoms with Gasteiger partial charge < -0.3 is 4.57 Å². The Morgan fingerprint density at radius 3 is 2.50 bits per heavy atom. The number of piperidine rings is 1. The first-order chi connectivity index (χ1) is 13.5. The molecule has 0 unspecified atom stereocenters. The van der Waals surface area contributed by atoms with Crippen molar-refractivity contribution >= 4 is 21.4 Å². The lowest BCUT2D eigenvalue weighted by atomic mass is 9.82. The van der Waals surface area contributed by atoms with Gasteiger partial charge in [-0.15, -0.1) is 11.3 Å². The lowest BCUT2D eigenvalue weighted by Gasteiger charge is -2.42. The van der Waals surface area contributed by atoms with E-state index in [1.165, 1.54) is 0 Å². The van der Waals surface area contributed by atoms with Gasteiger partial charge in [-0.1, -0.05) is 24.3 Å². The Balaban J connectivity index is 1.58. The van der Waals surface area contributed by atoms with Gasteiger partial charge in [-0.3, -0.25) is 4.79 Å². The Morgan fingerprint density at radius 1 is 0.929 bits per heavy atom. The number of benzene rings is 1. The summed E-state index contributed by atoms with van der Waals surface area (Å²) in [5, 5.41) is 2.02. The van der Waals surface area contributed by atoms with E-state index in [0.717, 1.165) is 22.6 Å². The van der Waals surface area contributed by atoms with E-state index in [4.69, 9.17) is 0 Å². The van der Waals surface area contributed by atoms with Crippen LogP contribution in [0.4, 0.5) is 0 Å². The summed E-state index contributed by atoms with van der Waals surface area (Å²) in [5.41, 5.74) is 2.04. The molecule has 1 saturated heterocycles.